The van der Waals surface area contributed by atoms with E-state index in [9.17, 15) is 9.59 Å². The molecule has 1 aromatic carbocycles. The normalized spacial score (nSPS) is 13.7. The van der Waals surface area contributed by atoms with Crippen LogP contribution in [-0.4, -0.2) is 23.3 Å². The number of halogens is 1. The van der Waals surface area contributed by atoms with Gasteiger partial charge in [-0.25, -0.2) is 4.98 Å². The number of anilines is 1. The fourth-order valence-corrected chi connectivity index (χ4v) is 3.15. The summed E-state index contributed by atoms with van der Waals surface area (Å²) in [4.78, 5) is 29.7. The van der Waals surface area contributed by atoms with E-state index in [-0.39, 0.29) is 24.2 Å². The van der Waals surface area contributed by atoms with Gasteiger partial charge in [0.2, 0.25) is 5.91 Å². The van der Waals surface area contributed by atoms with Gasteiger partial charge in [0.15, 0.2) is 0 Å². The molecule has 0 unspecified atom stereocenters. The van der Waals surface area contributed by atoms with E-state index in [1.807, 2.05) is 24.3 Å². The molecule has 8 heteroatoms. The number of carbonyl (C=O) groups is 2. The fourth-order valence-electron chi connectivity index (χ4n) is 2.50. The maximum absolute atomic E-state index is 12.0. The Bertz CT molecular complexity index is 717. The van der Waals surface area contributed by atoms with Crippen LogP contribution in [0.25, 0.3) is 0 Å². The summed E-state index contributed by atoms with van der Waals surface area (Å²) in [6.07, 6.45) is 1.53. The van der Waals surface area contributed by atoms with Crippen LogP contribution in [0, 0.1) is 0 Å². The summed E-state index contributed by atoms with van der Waals surface area (Å²) in [6, 6.07) is 7.68. The van der Waals surface area contributed by atoms with Crippen molar-refractivity contribution in [3.63, 3.8) is 0 Å². The standard InChI is InChI=1S/C16H18N4O2S.ClH/c17-8-14-19-13(10-23-14)16(22)18-9-11-3-5-12(6-4-11)20-7-1-2-15(20)21;/h3-6,10H,1-2,7-9,17H2,(H,18,22);1H. The predicted octanol–water partition coefficient (Wildman–Crippen LogP) is 2.08. The van der Waals surface area contributed by atoms with Crippen LogP contribution in [0.3, 0.4) is 0 Å². The summed E-state index contributed by atoms with van der Waals surface area (Å²) < 4.78 is 0. The third-order valence-corrected chi connectivity index (χ3v) is 4.60. The molecule has 0 atom stereocenters. The number of benzene rings is 1. The van der Waals surface area contributed by atoms with Crippen molar-refractivity contribution in [1.29, 1.82) is 0 Å². The first kappa shape index (κ1) is 18.4. The van der Waals surface area contributed by atoms with E-state index in [4.69, 9.17) is 5.73 Å². The SMILES string of the molecule is Cl.NCc1nc(C(=O)NCc2ccc(N3CCCC3=O)cc2)cs1. The second-order valence-corrected chi connectivity index (χ2v) is 6.27. The molecule has 1 saturated heterocycles. The zero-order valence-corrected chi connectivity index (χ0v) is 14.7. The lowest BCUT2D eigenvalue weighted by atomic mass is 10.2. The van der Waals surface area contributed by atoms with Gasteiger partial charge in [-0.3, -0.25) is 9.59 Å². The van der Waals surface area contributed by atoms with E-state index in [0.29, 0.717) is 25.2 Å². The molecule has 6 nitrogen and oxygen atoms in total. The molecule has 1 aliphatic heterocycles. The molecule has 0 aliphatic carbocycles. The quantitative estimate of drug-likeness (QED) is 0.847. The van der Waals surface area contributed by atoms with Crippen LogP contribution in [0.2, 0.25) is 0 Å². The van der Waals surface area contributed by atoms with E-state index in [1.54, 1.807) is 10.3 Å². The van der Waals surface area contributed by atoms with Crippen molar-refractivity contribution in [3.05, 3.63) is 45.9 Å². The summed E-state index contributed by atoms with van der Waals surface area (Å²) in [5, 5.41) is 5.29. The Labute approximate surface area is 150 Å². The Hall–Kier alpha value is -1.96. The van der Waals surface area contributed by atoms with Crippen molar-refractivity contribution in [3.8, 4) is 0 Å². The van der Waals surface area contributed by atoms with Crippen molar-refractivity contribution >= 4 is 41.2 Å². The second kappa shape index (κ2) is 8.23. The summed E-state index contributed by atoms with van der Waals surface area (Å²) >= 11 is 1.38. The first-order valence-corrected chi connectivity index (χ1v) is 8.37. The van der Waals surface area contributed by atoms with Gasteiger partial charge in [0.25, 0.3) is 5.91 Å². The number of hydrogen-bond donors (Lipinski definition) is 2. The fraction of sp³-hybridized carbons (Fsp3) is 0.312. The lowest BCUT2D eigenvalue weighted by Crippen LogP contribution is -2.24. The lowest BCUT2D eigenvalue weighted by molar-refractivity contribution is -0.117. The number of aromatic nitrogens is 1. The highest BCUT2D eigenvalue weighted by Gasteiger charge is 2.21. The summed E-state index contributed by atoms with van der Waals surface area (Å²) in [5.41, 5.74) is 7.78. The number of amides is 2. The van der Waals surface area contributed by atoms with Crippen LogP contribution in [0.5, 0.6) is 0 Å². The molecule has 24 heavy (non-hydrogen) atoms. The highest BCUT2D eigenvalue weighted by molar-refractivity contribution is 7.09. The predicted molar refractivity (Wildman–Crippen MR) is 96.5 cm³/mol. The zero-order chi connectivity index (χ0) is 16.2. The number of nitrogens with one attached hydrogen (secondary N) is 1. The zero-order valence-electron chi connectivity index (χ0n) is 13.0. The molecule has 3 rings (SSSR count). The van der Waals surface area contributed by atoms with Crippen LogP contribution >= 0.6 is 23.7 Å². The Morgan fingerprint density at radius 2 is 2.08 bits per heavy atom. The molecule has 2 heterocycles. The van der Waals surface area contributed by atoms with Gasteiger partial charge in [-0.2, -0.15) is 0 Å². The Morgan fingerprint density at radius 3 is 2.67 bits per heavy atom. The highest BCUT2D eigenvalue weighted by atomic mass is 35.5. The van der Waals surface area contributed by atoms with Crippen LogP contribution < -0.4 is 16.0 Å². The molecule has 1 aromatic heterocycles. The number of thiazole rings is 1. The molecule has 128 valence electrons. The number of hydrogen-bond acceptors (Lipinski definition) is 5. The number of rotatable bonds is 5. The number of nitrogens with zero attached hydrogens (tertiary/aromatic N) is 2. The first-order valence-electron chi connectivity index (χ1n) is 7.49. The van der Waals surface area contributed by atoms with Crippen molar-refractivity contribution in [2.45, 2.75) is 25.9 Å². The van der Waals surface area contributed by atoms with Crippen molar-refractivity contribution in [1.82, 2.24) is 10.3 Å². The second-order valence-electron chi connectivity index (χ2n) is 5.33. The van der Waals surface area contributed by atoms with Crippen molar-refractivity contribution in [2.24, 2.45) is 5.73 Å². The minimum absolute atomic E-state index is 0. The van der Waals surface area contributed by atoms with Crippen LogP contribution in [0.1, 0.15) is 33.9 Å². The highest BCUT2D eigenvalue weighted by Crippen LogP contribution is 2.21. The van der Waals surface area contributed by atoms with Gasteiger partial charge in [0.1, 0.15) is 10.7 Å². The van der Waals surface area contributed by atoms with Gasteiger partial charge in [0.05, 0.1) is 0 Å². The summed E-state index contributed by atoms with van der Waals surface area (Å²) in [5.74, 6) is -0.0370. The molecule has 0 saturated carbocycles. The molecular weight excluding hydrogens is 348 g/mol. The minimum atomic E-state index is -0.209. The minimum Gasteiger partial charge on any atom is -0.347 e. The summed E-state index contributed by atoms with van der Waals surface area (Å²) in [6.45, 7) is 1.54. The molecule has 0 spiro atoms. The lowest BCUT2D eigenvalue weighted by Gasteiger charge is -2.16. The number of nitrogens with two attached hydrogens (primary N) is 1. The van der Waals surface area contributed by atoms with Gasteiger partial charge in [-0.1, -0.05) is 12.1 Å². The van der Waals surface area contributed by atoms with E-state index < -0.39 is 0 Å². The average Bonchev–Trinajstić information content (AvgIpc) is 3.22. The maximum Gasteiger partial charge on any atom is 0.271 e. The first-order chi connectivity index (χ1) is 11.2. The van der Waals surface area contributed by atoms with Crippen LogP contribution in [0.4, 0.5) is 5.69 Å². The van der Waals surface area contributed by atoms with E-state index in [0.717, 1.165) is 29.2 Å². The van der Waals surface area contributed by atoms with Crippen LogP contribution in [0.15, 0.2) is 29.6 Å². The Morgan fingerprint density at radius 1 is 1.33 bits per heavy atom. The molecule has 1 aliphatic rings. The third-order valence-electron chi connectivity index (χ3n) is 3.73. The van der Waals surface area contributed by atoms with Gasteiger partial charge >= 0.3 is 0 Å². The molecular formula is C16H19ClN4O2S. The van der Waals surface area contributed by atoms with E-state index in [1.165, 1.54) is 11.3 Å². The van der Waals surface area contributed by atoms with Gasteiger partial charge in [-0.15, -0.1) is 23.7 Å². The average molecular weight is 367 g/mol. The van der Waals surface area contributed by atoms with Crippen LogP contribution in [-0.2, 0) is 17.9 Å². The monoisotopic (exact) mass is 366 g/mol. The van der Waals surface area contributed by atoms with Crippen molar-refractivity contribution in [2.75, 3.05) is 11.4 Å². The molecule has 0 radical (unpaired) electrons. The van der Waals surface area contributed by atoms with Gasteiger partial charge in [-0.05, 0) is 24.1 Å². The van der Waals surface area contributed by atoms with Gasteiger partial charge in [0, 0.05) is 37.1 Å². The Kier molecular flexibility index (Phi) is 6.30. The molecule has 0 bridgehead atoms. The number of carbonyl (C=O) groups excluding carboxylic acids is 2. The summed E-state index contributed by atoms with van der Waals surface area (Å²) in [7, 11) is 0. The maximum atomic E-state index is 12.0. The smallest absolute Gasteiger partial charge is 0.271 e. The molecule has 2 aromatic rings. The van der Waals surface area contributed by atoms with Crippen molar-refractivity contribution < 1.29 is 9.59 Å². The molecule has 3 N–H and O–H groups in total. The Balaban J connectivity index is 0.00000208. The van der Waals surface area contributed by atoms with E-state index in [2.05, 4.69) is 10.3 Å². The van der Waals surface area contributed by atoms with Gasteiger partial charge < -0.3 is 16.0 Å². The van der Waals surface area contributed by atoms with E-state index >= 15 is 0 Å². The largest absolute Gasteiger partial charge is 0.347 e. The topological polar surface area (TPSA) is 88.3 Å². The third kappa shape index (κ3) is 4.11. The molecule has 1 fully saturated rings. The molecule has 2 amide bonds.